The molecule has 4 heteroatoms. The molecule has 0 aliphatic rings. The van der Waals surface area contributed by atoms with Gasteiger partial charge in [0, 0.05) is 17.8 Å². The van der Waals surface area contributed by atoms with E-state index in [2.05, 4.69) is 0 Å². The second kappa shape index (κ2) is 3.41. The predicted octanol–water partition coefficient (Wildman–Crippen LogP) is 1.69. The fourth-order valence-electron chi connectivity index (χ4n) is 0.596. The quantitative estimate of drug-likeness (QED) is 0.637. The number of benzene rings is 1. The van der Waals surface area contributed by atoms with Gasteiger partial charge in [0.15, 0.2) is 0 Å². The van der Waals surface area contributed by atoms with Crippen molar-refractivity contribution in [2.24, 2.45) is 0 Å². The summed E-state index contributed by atoms with van der Waals surface area (Å²) in [4.78, 5) is 0. The van der Waals surface area contributed by atoms with Gasteiger partial charge in [-0.2, -0.15) is 0 Å². The van der Waals surface area contributed by atoms with Gasteiger partial charge in [-0.3, -0.25) is 0 Å². The molecule has 0 bridgehead atoms. The van der Waals surface area contributed by atoms with Crippen molar-refractivity contribution in [1.29, 1.82) is 0 Å². The van der Waals surface area contributed by atoms with E-state index in [1.807, 2.05) is 0 Å². The van der Waals surface area contributed by atoms with Crippen molar-refractivity contribution in [3.8, 4) is 5.75 Å². The third kappa shape index (κ3) is 2.23. The van der Waals surface area contributed by atoms with Crippen molar-refractivity contribution in [3.05, 3.63) is 24.0 Å². The molecule has 0 aromatic heterocycles. The largest absolute Gasteiger partial charge is 0.508 e. The SMILES string of the molecule is Br.Nc1cc(O)cc(F)c1. The standard InChI is InChI=1S/C6H6FNO.BrH/c7-4-1-5(8)3-6(9)2-4;/h1-3,9H,8H2;1H. The predicted molar refractivity (Wildman–Crippen MR) is 42.8 cm³/mol. The Hall–Kier alpha value is -0.770. The summed E-state index contributed by atoms with van der Waals surface area (Å²) in [5.74, 6) is -0.667. The maximum Gasteiger partial charge on any atom is 0.128 e. The molecule has 1 aromatic carbocycles. The zero-order valence-electron chi connectivity index (χ0n) is 5.04. The van der Waals surface area contributed by atoms with E-state index in [4.69, 9.17) is 10.8 Å². The molecular weight excluding hydrogens is 201 g/mol. The summed E-state index contributed by atoms with van der Waals surface area (Å²) in [5.41, 5.74) is 5.39. The smallest absolute Gasteiger partial charge is 0.128 e. The average molecular weight is 208 g/mol. The molecule has 0 radical (unpaired) electrons. The minimum Gasteiger partial charge on any atom is -0.508 e. The lowest BCUT2D eigenvalue weighted by Gasteiger charge is -1.93. The number of halogens is 2. The zero-order valence-corrected chi connectivity index (χ0v) is 6.76. The number of aromatic hydroxyl groups is 1. The van der Waals surface area contributed by atoms with Crippen LogP contribution < -0.4 is 5.73 Å². The summed E-state index contributed by atoms with van der Waals surface area (Å²) in [7, 11) is 0. The van der Waals surface area contributed by atoms with Gasteiger partial charge in [-0.1, -0.05) is 0 Å². The molecule has 1 rings (SSSR count). The third-order valence-electron chi connectivity index (χ3n) is 0.905. The first-order valence-corrected chi connectivity index (χ1v) is 2.43. The number of phenolic OH excluding ortho intramolecular Hbond substituents is 1. The monoisotopic (exact) mass is 207 g/mol. The molecule has 56 valence electrons. The van der Waals surface area contributed by atoms with E-state index in [0.717, 1.165) is 12.1 Å². The molecule has 0 saturated heterocycles. The summed E-state index contributed by atoms with van der Waals surface area (Å²) < 4.78 is 12.2. The van der Waals surface area contributed by atoms with Gasteiger partial charge in [-0.15, -0.1) is 17.0 Å². The Bertz CT molecular complexity index is 179. The second-order valence-corrected chi connectivity index (χ2v) is 1.74. The van der Waals surface area contributed by atoms with Crippen LogP contribution in [0, 0.1) is 5.82 Å². The summed E-state index contributed by atoms with van der Waals surface area (Å²) in [5, 5.41) is 8.67. The van der Waals surface area contributed by atoms with Gasteiger partial charge in [-0.05, 0) is 6.07 Å². The Kier molecular flexibility index (Phi) is 3.15. The molecule has 0 unspecified atom stereocenters. The number of anilines is 1. The van der Waals surface area contributed by atoms with Crippen LogP contribution in [0.3, 0.4) is 0 Å². The fraction of sp³-hybridized carbons (Fsp3) is 0. The van der Waals surface area contributed by atoms with Crippen molar-refractivity contribution in [3.63, 3.8) is 0 Å². The minimum absolute atomic E-state index is 0. The highest BCUT2D eigenvalue weighted by Gasteiger charge is 1.93. The molecule has 0 fully saturated rings. The molecular formula is C6H7BrFNO. The van der Waals surface area contributed by atoms with E-state index >= 15 is 0 Å². The van der Waals surface area contributed by atoms with E-state index in [1.165, 1.54) is 6.07 Å². The van der Waals surface area contributed by atoms with E-state index in [0.29, 0.717) is 0 Å². The second-order valence-electron chi connectivity index (χ2n) is 1.74. The lowest BCUT2D eigenvalue weighted by Crippen LogP contribution is -1.84. The third-order valence-corrected chi connectivity index (χ3v) is 0.905. The van der Waals surface area contributed by atoms with Gasteiger partial charge in [0.05, 0.1) is 0 Å². The molecule has 0 atom stereocenters. The first kappa shape index (κ1) is 9.23. The topological polar surface area (TPSA) is 46.2 Å². The number of phenols is 1. The Morgan fingerprint density at radius 3 is 2.30 bits per heavy atom. The van der Waals surface area contributed by atoms with Gasteiger partial charge < -0.3 is 10.8 Å². The van der Waals surface area contributed by atoms with Gasteiger partial charge in [-0.25, -0.2) is 4.39 Å². The zero-order chi connectivity index (χ0) is 6.85. The van der Waals surface area contributed by atoms with Crippen LogP contribution in [0.5, 0.6) is 5.75 Å². The van der Waals surface area contributed by atoms with E-state index in [-0.39, 0.29) is 28.4 Å². The highest BCUT2D eigenvalue weighted by Crippen LogP contribution is 2.14. The molecule has 0 aliphatic heterocycles. The number of nitrogens with two attached hydrogens (primary N) is 1. The minimum atomic E-state index is -0.521. The van der Waals surface area contributed by atoms with E-state index < -0.39 is 5.82 Å². The van der Waals surface area contributed by atoms with Gasteiger partial charge in [0.1, 0.15) is 11.6 Å². The van der Waals surface area contributed by atoms with Crippen LogP contribution in [0.4, 0.5) is 10.1 Å². The van der Waals surface area contributed by atoms with Crippen molar-refractivity contribution in [1.82, 2.24) is 0 Å². The van der Waals surface area contributed by atoms with Crippen molar-refractivity contribution in [2.45, 2.75) is 0 Å². The first-order chi connectivity index (χ1) is 4.18. The van der Waals surface area contributed by atoms with Crippen LogP contribution in [0.25, 0.3) is 0 Å². The molecule has 0 saturated carbocycles. The number of hydrogen-bond donors (Lipinski definition) is 2. The van der Waals surface area contributed by atoms with Crippen LogP contribution >= 0.6 is 17.0 Å². The van der Waals surface area contributed by atoms with Gasteiger partial charge in [0.25, 0.3) is 0 Å². The van der Waals surface area contributed by atoms with Crippen LogP contribution in [-0.2, 0) is 0 Å². The van der Waals surface area contributed by atoms with Crippen LogP contribution in [-0.4, -0.2) is 5.11 Å². The molecule has 0 spiro atoms. The Morgan fingerprint density at radius 1 is 1.30 bits per heavy atom. The van der Waals surface area contributed by atoms with Crippen molar-refractivity contribution in [2.75, 3.05) is 5.73 Å². The van der Waals surface area contributed by atoms with Crippen LogP contribution in [0.1, 0.15) is 0 Å². The Morgan fingerprint density at radius 2 is 1.90 bits per heavy atom. The van der Waals surface area contributed by atoms with Crippen molar-refractivity contribution >= 4 is 22.7 Å². The van der Waals surface area contributed by atoms with Gasteiger partial charge >= 0.3 is 0 Å². The molecule has 0 amide bonds. The molecule has 0 aliphatic carbocycles. The van der Waals surface area contributed by atoms with E-state index in [1.54, 1.807) is 0 Å². The van der Waals surface area contributed by atoms with Crippen LogP contribution in [0.15, 0.2) is 18.2 Å². The lowest BCUT2D eigenvalue weighted by molar-refractivity contribution is 0.469. The Balaban J connectivity index is 0.000000810. The Labute approximate surface area is 68.2 Å². The summed E-state index contributed by atoms with van der Waals surface area (Å²) in [6, 6.07) is 3.42. The number of rotatable bonds is 0. The normalized spacial score (nSPS) is 8.50. The highest BCUT2D eigenvalue weighted by atomic mass is 79.9. The molecule has 3 N–H and O–H groups in total. The highest BCUT2D eigenvalue weighted by molar-refractivity contribution is 8.93. The first-order valence-electron chi connectivity index (χ1n) is 2.43. The van der Waals surface area contributed by atoms with Gasteiger partial charge in [0.2, 0.25) is 0 Å². The maximum atomic E-state index is 12.2. The lowest BCUT2D eigenvalue weighted by atomic mass is 10.3. The molecule has 10 heavy (non-hydrogen) atoms. The van der Waals surface area contributed by atoms with E-state index in [9.17, 15) is 4.39 Å². The molecule has 2 nitrogen and oxygen atoms in total. The summed E-state index contributed by atoms with van der Waals surface area (Å²) >= 11 is 0. The molecule has 1 aromatic rings. The van der Waals surface area contributed by atoms with Crippen LogP contribution in [0.2, 0.25) is 0 Å². The summed E-state index contributed by atoms with van der Waals surface area (Å²) in [6.45, 7) is 0. The molecule has 0 heterocycles. The maximum absolute atomic E-state index is 12.2. The average Bonchev–Trinajstić information content (AvgIpc) is 1.59. The van der Waals surface area contributed by atoms with Crippen molar-refractivity contribution < 1.29 is 9.50 Å². The number of hydrogen-bond acceptors (Lipinski definition) is 2. The summed E-state index contributed by atoms with van der Waals surface area (Å²) in [6.07, 6.45) is 0. The fourth-order valence-corrected chi connectivity index (χ4v) is 0.596. The number of nitrogen functional groups attached to an aromatic ring is 1.